The van der Waals surface area contributed by atoms with Crippen LogP contribution in [-0.4, -0.2) is 50.7 Å². The molecule has 0 aliphatic carbocycles. The fourth-order valence-electron chi connectivity index (χ4n) is 3.72. The van der Waals surface area contributed by atoms with Gasteiger partial charge in [0, 0.05) is 24.7 Å². The molecule has 1 unspecified atom stereocenters. The molecule has 0 bridgehead atoms. The van der Waals surface area contributed by atoms with E-state index in [1.807, 2.05) is 0 Å². The molecule has 4 heterocycles. The number of aromatic amines is 1. The number of H-pyrrole nitrogens is 1. The fourth-order valence-corrected chi connectivity index (χ4v) is 4.48. The second kappa shape index (κ2) is 6.80. The van der Waals surface area contributed by atoms with Crippen LogP contribution in [0.4, 0.5) is 37.3 Å². The maximum atomic E-state index is 13.6. The van der Waals surface area contributed by atoms with Gasteiger partial charge in [-0.05, 0) is 12.8 Å². The average Bonchev–Trinajstić information content (AvgIpc) is 3.28. The van der Waals surface area contributed by atoms with Crippen molar-refractivity contribution in [2.75, 3.05) is 23.3 Å². The minimum Gasteiger partial charge on any atom is -0.376 e. The molecule has 2 aliphatic rings. The molecule has 0 radical (unpaired) electrons. The van der Waals surface area contributed by atoms with Crippen molar-refractivity contribution < 1.29 is 36.2 Å². The normalized spacial score (nSPS) is 23.4. The Labute approximate surface area is 168 Å². The van der Waals surface area contributed by atoms with Crippen LogP contribution in [0.25, 0.3) is 0 Å². The lowest BCUT2D eigenvalue weighted by atomic mass is 9.81. The van der Waals surface area contributed by atoms with Crippen molar-refractivity contribution in [3.05, 3.63) is 16.3 Å². The molecule has 4 rings (SSSR count). The lowest BCUT2D eigenvalue weighted by Gasteiger charge is -2.36. The largest absolute Gasteiger partial charge is 0.445 e. The van der Waals surface area contributed by atoms with Gasteiger partial charge < -0.3 is 15.3 Å². The van der Waals surface area contributed by atoms with Gasteiger partial charge in [-0.3, -0.25) is 9.89 Å². The molecule has 8 nitrogen and oxygen atoms in total. The summed E-state index contributed by atoms with van der Waals surface area (Å²) in [6.07, 6.45) is -10.3. The Morgan fingerprint density at radius 3 is 2.37 bits per heavy atom. The van der Waals surface area contributed by atoms with E-state index < -0.39 is 46.8 Å². The lowest BCUT2D eigenvalue weighted by molar-refractivity contribution is -0.267. The Kier molecular flexibility index (Phi) is 4.72. The van der Waals surface area contributed by atoms with E-state index in [4.69, 9.17) is 0 Å². The molecule has 1 amide bonds. The van der Waals surface area contributed by atoms with Crippen molar-refractivity contribution in [3.63, 3.8) is 0 Å². The first-order valence-corrected chi connectivity index (χ1v) is 9.55. The third-order valence-corrected chi connectivity index (χ3v) is 6.21. The zero-order valence-electron chi connectivity index (χ0n) is 14.9. The van der Waals surface area contributed by atoms with Gasteiger partial charge in [0.15, 0.2) is 11.4 Å². The smallest absolute Gasteiger partial charge is 0.376 e. The summed E-state index contributed by atoms with van der Waals surface area (Å²) in [5.41, 5.74) is -3.83. The molecule has 0 aromatic carbocycles. The van der Waals surface area contributed by atoms with Crippen molar-refractivity contribution >= 4 is 28.2 Å². The number of hydrogen-bond acceptors (Lipinski definition) is 7. The molecule has 0 spiro atoms. The molecule has 1 atom stereocenters. The van der Waals surface area contributed by atoms with E-state index in [0.29, 0.717) is 11.3 Å². The summed E-state index contributed by atoms with van der Waals surface area (Å²) < 4.78 is 78.9. The van der Waals surface area contributed by atoms with Crippen LogP contribution in [0.2, 0.25) is 0 Å². The number of nitrogens with zero attached hydrogens (tertiary/aromatic N) is 4. The van der Waals surface area contributed by atoms with Crippen LogP contribution >= 0.6 is 11.3 Å². The number of halogens is 6. The van der Waals surface area contributed by atoms with Gasteiger partial charge in [0.25, 0.3) is 0 Å². The quantitative estimate of drug-likeness (QED) is 0.600. The van der Waals surface area contributed by atoms with Gasteiger partial charge in [0.1, 0.15) is 0 Å². The van der Waals surface area contributed by atoms with Crippen molar-refractivity contribution in [1.82, 2.24) is 20.4 Å². The van der Waals surface area contributed by atoms with E-state index in [1.54, 1.807) is 4.90 Å². The highest BCUT2D eigenvalue weighted by Gasteiger charge is 2.61. The fraction of sp³-hybridized carbons (Fsp3) is 0.600. The van der Waals surface area contributed by atoms with Crippen molar-refractivity contribution in [2.24, 2.45) is 0 Å². The van der Waals surface area contributed by atoms with E-state index in [1.165, 1.54) is 0 Å². The van der Waals surface area contributed by atoms with Crippen LogP contribution in [-0.2, 0) is 16.6 Å². The summed E-state index contributed by atoms with van der Waals surface area (Å²) in [6.45, 7) is 0.448. The standard InChI is InChI=1S/C15H14F6N6O2S/c16-14(17,18)11-25-26-12(30-11)27-3-1-6(2-4-27)9-8-10(24-23-9)22-7(28)5-13(8,29)15(19,20)21/h6,29H,1-5H2,(H2,22,23,24,28). The summed E-state index contributed by atoms with van der Waals surface area (Å²) in [5, 5.41) is 24.5. The second-order valence-corrected chi connectivity index (χ2v) is 8.05. The van der Waals surface area contributed by atoms with Crippen LogP contribution in [0.3, 0.4) is 0 Å². The van der Waals surface area contributed by atoms with Gasteiger partial charge in [-0.15, -0.1) is 10.2 Å². The van der Waals surface area contributed by atoms with Crippen LogP contribution in [0.15, 0.2) is 0 Å². The van der Waals surface area contributed by atoms with E-state index in [-0.39, 0.29) is 42.6 Å². The van der Waals surface area contributed by atoms with Gasteiger partial charge in [0.05, 0.1) is 12.0 Å². The van der Waals surface area contributed by atoms with Crippen LogP contribution in [0, 0.1) is 0 Å². The molecule has 3 N–H and O–H groups in total. The first-order chi connectivity index (χ1) is 13.9. The maximum Gasteiger partial charge on any atom is 0.445 e. The number of amides is 1. The number of anilines is 2. The molecule has 164 valence electrons. The summed E-state index contributed by atoms with van der Waals surface area (Å²) in [6, 6.07) is 0. The average molecular weight is 456 g/mol. The van der Waals surface area contributed by atoms with E-state index in [0.717, 1.165) is 0 Å². The predicted octanol–water partition coefficient (Wildman–Crippen LogP) is 2.76. The number of rotatable bonds is 2. The van der Waals surface area contributed by atoms with Gasteiger partial charge in [-0.1, -0.05) is 11.3 Å². The SMILES string of the molecule is O=C1CC(O)(C(F)(F)F)c2c(n[nH]c2C2CCN(c3nnc(C(F)(F)F)s3)CC2)N1. The van der Waals surface area contributed by atoms with E-state index in [9.17, 15) is 36.2 Å². The molecule has 1 fully saturated rings. The van der Waals surface area contributed by atoms with Gasteiger partial charge in [-0.2, -0.15) is 31.4 Å². The highest BCUT2D eigenvalue weighted by Crippen LogP contribution is 2.50. The zero-order chi connectivity index (χ0) is 21.9. The van der Waals surface area contributed by atoms with Crippen LogP contribution in [0.5, 0.6) is 0 Å². The third-order valence-electron chi connectivity index (χ3n) is 5.18. The summed E-state index contributed by atoms with van der Waals surface area (Å²) in [5.74, 6) is -1.86. The van der Waals surface area contributed by atoms with Crippen LogP contribution < -0.4 is 10.2 Å². The predicted molar refractivity (Wildman–Crippen MR) is 90.9 cm³/mol. The number of aliphatic hydroxyl groups is 1. The lowest BCUT2D eigenvalue weighted by Crippen LogP contribution is -2.48. The van der Waals surface area contributed by atoms with E-state index in [2.05, 4.69) is 25.7 Å². The van der Waals surface area contributed by atoms with Crippen LogP contribution in [0.1, 0.15) is 41.4 Å². The molecule has 0 saturated carbocycles. The van der Waals surface area contributed by atoms with Gasteiger partial charge >= 0.3 is 12.4 Å². The topological polar surface area (TPSA) is 107 Å². The maximum absolute atomic E-state index is 13.6. The first-order valence-electron chi connectivity index (χ1n) is 8.73. The summed E-state index contributed by atoms with van der Waals surface area (Å²) >= 11 is 0.394. The highest BCUT2D eigenvalue weighted by molar-refractivity contribution is 7.15. The number of nitrogens with one attached hydrogen (secondary N) is 2. The second-order valence-electron chi connectivity index (χ2n) is 7.09. The molecular formula is C15H14F6N6O2S. The monoisotopic (exact) mass is 456 g/mol. The molecule has 2 aromatic heterocycles. The minimum absolute atomic E-state index is 0.0534. The number of hydrogen-bond donors (Lipinski definition) is 3. The minimum atomic E-state index is -5.10. The van der Waals surface area contributed by atoms with E-state index >= 15 is 0 Å². The molecule has 15 heteroatoms. The number of alkyl halides is 6. The number of carbonyl (C=O) groups excluding carboxylic acids is 1. The molecule has 2 aromatic rings. The number of piperidine rings is 1. The summed E-state index contributed by atoms with van der Waals surface area (Å²) in [7, 11) is 0. The summed E-state index contributed by atoms with van der Waals surface area (Å²) in [4.78, 5) is 13.2. The molecule has 30 heavy (non-hydrogen) atoms. The van der Waals surface area contributed by atoms with Crippen molar-refractivity contribution in [3.8, 4) is 0 Å². The van der Waals surface area contributed by atoms with Gasteiger partial charge in [0.2, 0.25) is 16.0 Å². The van der Waals surface area contributed by atoms with Crippen molar-refractivity contribution in [2.45, 2.75) is 43.1 Å². The zero-order valence-corrected chi connectivity index (χ0v) is 15.7. The Morgan fingerprint density at radius 2 is 1.80 bits per heavy atom. The third kappa shape index (κ3) is 3.38. The Hall–Kier alpha value is -2.42. The molecular weight excluding hydrogens is 442 g/mol. The Morgan fingerprint density at radius 1 is 1.13 bits per heavy atom. The first kappa shape index (κ1) is 20.8. The van der Waals surface area contributed by atoms with Gasteiger partial charge in [-0.25, -0.2) is 0 Å². The number of aromatic nitrogens is 4. The number of carbonyl (C=O) groups is 1. The highest BCUT2D eigenvalue weighted by atomic mass is 32.1. The Bertz CT molecular complexity index is 964. The Balaban J connectivity index is 1.56. The number of fused-ring (bicyclic) bond motifs is 1. The van der Waals surface area contributed by atoms with Crippen molar-refractivity contribution in [1.29, 1.82) is 0 Å². The molecule has 2 aliphatic heterocycles. The molecule has 1 saturated heterocycles.